The molecule has 1 aliphatic heterocycles. The summed E-state index contributed by atoms with van der Waals surface area (Å²) in [5, 5.41) is 12.9. The highest BCUT2D eigenvalue weighted by Gasteiger charge is 2.23. The van der Waals surface area contributed by atoms with Crippen LogP contribution in [0.3, 0.4) is 0 Å². The highest BCUT2D eigenvalue weighted by atomic mass is 16.3. The molecule has 2 unspecified atom stereocenters. The maximum absolute atomic E-state index is 9.48. The first kappa shape index (κ1) is 10.6. The first-order chi connectivity index (χ1) is 7.42. The van der Waals surface area contributed by atoms with Crippen molar-refractivity contribution in [3.8, 4) is 0 Å². The van der Waals surface area contributed by atoms with Gasteiger partial charge in [0.15, 0.2) is 0 Å². The summed E-state index contributed by atoms with van der Waals surface area (Å²) >= 11 is 0. The zero-order valence-electron chi connectivity index (χ0n) is 8.89. The Morgan fingerprint density at radius 1 is 1.47 bits per heavy atom. The summed E-state index contributed by atoms with van der Waals surface area (Å²) in [6.45, 7) is 2.37. The third-order valence-electron chi connectivity index (χ3n) is 3.23. The third-order valence-corrected chi connectivity index (χ3v) is 3.23. The molecule has 1 aliphatic rings. The number of aliphatic hydroxyl groups excluding tert-OH is 1. The van der Waals surface area contributed by atoms with Crippen molar-refractivity contribution in [2.75, 3.05) is 19.7 Å². The quantitative estimate of drug-likeness (QED) is 0.780. The molecule has 2 rings (SSSR count). The molecular weight excluding hydrogens is 188 g/mol. The lowest BCUT2D eigenvalue weighted by atomic mass is 9.82. The molecule has 0 amide bonds. The molecule has 0 spiro atoms. The molecule has 0 saturated carbocycles. The highest BCUT2D eigenvalue weighted by molar-refractivity contribution is 5.17. The standard InChI is InChI=1S/C12H18N2O/c15-9-12(10-3-6-13-7-4-10)11-2-1-5-14-8-11/h3-4,6-7,11-12,14-15H,1-2,5,8-9H2. The predicted molar refractivity (Wildman–Crippen MR) is 59.7 cm³/mol. The normalized spacial score (nSPS) is 23.7. The van der Waals surface area contributed by atoms with Crippen molar-refractivity contribution in [2.45, 2.75) is 18.8 Å². The van der Waals surface area contributed by atoms with Crippen molar-refractivity contribution >= 4 is 0 Å². The van der Waals surface area contributed by atoms with E-state index < -0.39 is 0 Å². The second-order valence-corrected chi connectivity index (χ2v) is 4.18. The number of hydrogen-bond donors (Lipinski definition) is 2. The lowest BCUT2D eigenvalue weighted by Crippen LogP contribution is -2.34. The zero-order valence-corrected chi connectivity index (χ0v) is 8.89. The van der Waals surface area contributed by atoms with Gasteiger partial charge in [-0.1, -0.05) is 0 Å². The molecule has 0 radical (unpaired) electrons. The van der Waals surface area contributed by atoms with E-state index in [1.54, 1.807) is 12.4 Å². The number of aliphatic hydroxyl groups is 1. The predicted octanol–water partition coefficient (Wildman–Crippen LogP) is 1.16. The van der Waals surface area contributed by atoms with Gasteiger partial charge in [-0.3, -0.25) is 4.98 Å². The largest absolute Gasteiger partial charge is 0.396 e. The average molecular weight is 206 g/mol. The molecule has 0 aliphatic carbocycles. The van der Waals surface area contributed by atoms with Crippen LogP contribution >= 0.6 is 0 Å². The van der Waals surface area contributed by atoms with Gasteiger partial charge in [0.25, 0.3) is 0 Å². The smallest absolute Gasteiger partial charge is 0.0502 e. The van der Waals surface area contributed by atoms with Crippen LogP contribution in [0.4, 0.5) is 0 Å². The van der Waals surface area contributed by atoms with E-state index in [-0.39, 0.29) is 12.5 Å². The summed E-state index contributed by atoms with van der Waals surface area (Å²) < 4.78 is 0. The van der Waals surface area contributed by atoms with E-state index in [0.29, 0.717) is 5.92 Å². The fraction of sp³-hybridized carbons (Fsp3) is 0.583. The van der Waals surface area contributed by atoms with Crippen molar-refractivity contribution in [1.29, 1.82) is 0 Å². The van der Waals surface area contributed by atoms with E-state index >= 15 is 0 Å². The Hall–Kier alpha value is -0.930. The van der Waals surface area contributed by atoms with E-state index in [0.717, 1.165) is 13.1 Å². The van der Waals surface area contributed by atoms with Crippen LogP contribution in [0.25, 0.3) is 0 Å². The van der Waals surface area contributed by atoms with Crippen molar-refractivity contribution in [1.82, 2.24) is 10.3 Å². The maximum atomic E-state index is 9.48. The summed E-state index contributed by atoms with van der Waals surface area (Å²) in [6, 6.07) is 4.02. The number of aromatic nitrogens is 1. The van der Waals surface area contributed by atoms with Crippen LogP contribution in [0, 0.1) is 5.92 Å². The molecule has 1 aromatic rings. The number of nitrogens with one attached hydrogen (secondary N) is 1. The lowest BCUT2D eigenvalue weighted by molar-refractivity contribution is 0.204. The monoisotopic (exact) mass is 206 g/mol. The molecule has 1 saturated heterocycles. The van der Waals surface area contributed by atoms with E-state index in [1.807, 2.05) is 12.1 Å². The van der Waals surface area contributed by atoms with Crippen LogP contribution in [0.5, 0.6) is 0 Å². The summed E-state index contributed by atoms with van der Waals surface area (Å²) in [5.41, 5.74) is 1.21. The average Bonchev–Trinajstić information content (AvgIpc) is 2.33. The highest BCUT2D eigenvalue weighted by Crippen LogP contribution is 2.28. The number of pyridine rings is 1. The second-order valence-electron chi connectivity index (χ2n) is 4.18. The zero-order chi connectivity index (χ0) is 10.5. The van der Waals surface area contributed by atoms with Gasteiger partial charge >= 0.3 is 0 Å². The molecule has 15 heavy (non-hydrogen) atoms. The first-order valence-corrected chi connectivity index (χ1v) is 5.63. The minimum atomic E-state index is 0.232. The molecule has 1 fully saturated rings. The SMILES string of the molecule is OCC(c1ccncc1)C1CCCNC1. The van der Waals surface area contributed by atoms with Gasteiger partial charge < -0.3 is 10.4 Å². The van der Waals surface area contributed by atoms with Crippen LogP contribution < -0.4 is 5.32 Å². The van der Waals surface area contributed by atoms with Crippen LogP contribution in [0.2, 0.25) is 0 Å². The Balaban J connectivity index is 2.09. The fourth-order valence-electron chi connectivity index (χ4n) is 2.36. The molecule has 2 atom stereocenters. The minimum Gasteiger partial charge on any atom is -0.396 e. The molecule has 2 heterocycles. The van der Waals surface area contributed by atoms with Crippen LogP contribution in [-0.4, -0.2) is 29.8 Å². The fourth-order valence-corrected chi connectivity index (χ4v) is 2.36. The van der Waals surface area contributed by atoms with Crippen molar-refractivity contribution < 1.29 is 5.11 Å². The Morgan fingerprint density at radius 3 is 2.87 bits per heavy atom. The lowest BCUT2D eigenvalue weighted by Gasteiger charge is -2.29. The molecule has 3 nitrogen and oxygen atoms in total. The summed E-state index contributed by atoms with van der Waals surface area (Å²) in [5.74, 6) is 0.826. The summed E-state index contributed by atoms with van der Waals surface area (Å²) in [4.78, 5) is 4.01. The van der Waals surface area contributed by atoms with Crippen LogP contribution in [-0.2, 0) is 0 Å². The van der Waals surface area contributed by atoms with Crippen LogP contribution in [0.1, 0.15) is 24.3 Å². The molecule has 82 valence electrons. The first-order valence-electron chi connectivity index (χ1n) is 5.63. The van der Waals surface area contributed by atoms with E-state index in [2.05, 4.69) is 10.3 Å². The van der Waals surface area contributed by atoms with Gasteiger partial charge in [0.05, 0.1) is 6.61 Å². The van der Waals surface area contributed by atoms with Gasteiger partial charge in [-0.05, 0) is 49.5 Å². The van der Waals surface area contributed by atoms with Gasteiger partial charge in [0.1, 0.15) is 0 Å². The molecular formula is C12H18N2O. The Bertz CT molecular complexity index is 283. The number of rotatable bonds is 3. The van der Waals surface area contributed by atoms with Crippen molar-refractivity contribution in [2.24, 2.45) is 5.92 Å². The molecule has 3 heteroatoms. The number of nitrogens with zero attached hydrogens (tertiary/aromatic N) is 1. The Kier molecular flexibility index (Phi) is 3.69. The minimum absolute atomic E-state index is 0.232. The number of hydrogen-bond acceptors (Lipinski definition) is 3. The Morgan fingerprint density at radius 2 is 2.27 bits per heavy atom. The maximum Gasteiger partial charge on any atom is 0.0502 e. The molecule has 1 aromatic heterocycles. The van der Waals surface area contributed by atoms with E-state index in [4.69, 9.17) is 0 Å². The van der Waals surface area contributed by atoms with Gasteiger partial charge in [-0.2, -0.15) is 0 Å². The molecule has 2 N–H and O–H groups in total. The summed E-state index contributed by atoms with van der Waals surface area (Å²) in [6.07, 6.45) is 6.02. The van der Waals surface area contributed by atoms with Gasteiger partial charge in [0.2, 0.25) is 0 Å². The molecule has 0 bridgehead atoms. The van der Waals surface area contributed by atoms with E-state index in [1.165, 1.54) is 18.4 Å². The molecule has 0 aromatic carbocycles. The van der Waals surface area contributed by atoms with Crippen LogP contribution in [0.15, 0.2) is 24.5 Å². The van der Waals surface area contributed by atoms with Crippen molar-refractivity contribution in [3.63, 3.8) is 0 Å². The number of piperidine rings is 1. The topological polar surface area (TPSA) is 45.2 Å². The summed E-state index contributed by atoms with van der Waals surface area (Å²) in [7, 11) is 0. The Labute approximate surface area is 90.5 Å². The van der Waals surface area contributed by atoms with Gasteiger partial charge in [0, 0.05) is 18.3 Å². The van der Waals surface area contributed by atoms with Crippen molar-refractivity contribution in [3.05, 3.63) is 30.1 Å². The van der Waals surface area contributed by atoms with Gasteiger partial charge in [-0.15, -0.1) is 0 Å². The van der Waals surface area contributed by atoms with Gasteiger partial charge in [-0.25, -0.2) is 0 Å². The third kappa shape index (κ3) is 2.55. The van der Waals surface area contributed by atoms with E-state index in [9.17, 15) is 5.11 Å². The second kappa shape index (κ2) is 5.24.